The lowest BCUT2D eigenvalue weighted by Gasteiger charge is -2.18. The molecule has 8 heteroatoms. The topological polar surface area (TPSA) is 134 Å². The number of carboxylic acids is 1. The lowest BCUT2D eigenvalue weighted by Crippen LogP contribution is -2.41. The number of ether oxygens (including phenoxy) is 1. The molecule has 0 amide bonds. The smallest absolute Gasteiger partial charge is 0.339 e. The van der Waals surface area contributed by atoms with Crippen LogP contribution in [0.15, 0.2) is 18.2 Å². The molecular weight excluding hydrogens is 256 g/mol. The molecule has 2 N–H and O–H groups in total. The third-order valence-corrected chi connectivity index (χ3v) is 2.25. The highest BCUT2D eigenvalue weighted by atomic mass is 16.6. The average molecular weight is 266 g/mol. The Morgan fingerprint density at radius 3 is 2.74 bits per heavy atom. The first-order chi connectivity index (χ1) is 8.77. The fraction of sp³-hybridized carbons (Fsp3) is 0.273. The number of carboxylic acid groups (broad SMARTS) is 1. The highest BCUT2D eigenvalue weighted by molar-refractivity contribution is 5.76. The van der Waals surface area contributed by atoms with Crippen molar-refractivity contribution < 1.29 is 24.7 Å². The standard InChI is InChI=1S/C11H10N2O6/c1-11(16,10(14)15)6-19-9-3-2-7(5-12)4-8(9)13(17)18/h2-4,16H,6H2,1H3,(H,14,15). The third kappa shape index (κ3) is 3.40. The highest BCUT2D eigenvalue weighted by Gasteiger charge is 2.32. The second-order valence-corrected chi connectivity index (χ2v) is 3.92. The predicted molar refractivity (Wildman–Crippen MR) is 61.6 cm³/mol. The zero-order chi connectivity index (χ0) is 14.6. The highest BCUT2D eigenvalue weighted by Crippen LogP contribution is 2.28. The summed E-state index contributed by atoms with van der Waals surface area (Å²) in [4.78, 5) is 20.7. The normalized spacial score (nSPS) is 13.1. The van der Waals surface area contributed by atoms with E-state index in [1.165, 1.54) is 12.1 Å². The molecule has 1 unspecified atom stereocenters. The molecule has 0 spiro atoms. The summed E-state index contributed by atoms with van der Waals surface area (Å²) in [5.41, 5.74) is -2.56. The monoisotopic (exact) mass is 266 g/mol. The van der Waals surface area contributed by atoms with E-state index in [9.17, 15) is 20.0 Å². The van der Waals surface area contributed by atoms with Gasteiger partial charge in [0.25, 0.3) is 0 Å². The first-order valence-electron chi connectivity index (χ1n) is 5.05. The van der Waals surface area contributed by atoms with Crippen LogP contribution in [0.3, 0.4) is 0 Å². The van der Waals surface area contributed by atoms with Gasteiger partial charge >= 0.3 is 11.7 Å². The van der Waals surface area contributed by atoms with Gasteiger partial charge in [-0.1, -0.05) is 0 Å². The number of hydrogen-bond acceptors (Lipinski definition) is 6. The van der Waals surface area contributed by atoms with E-state index in [-0.39, 0.29) is 11.3 Å². The second-order valence-electron chi connectivity index (χ2n) is 3.92. The van der Waals surface area contributed by atoms with Crippen molar-refractivity contribution in [3.05, 3.63) is 33.9 Å². The van der Waals surface area contributed by atoms with Crippen molar-refractivity contribution in [2.75, 3.05) is 6.61 Å². The Bertz CT molecular complexity index is 561. The summed E-state index contributed by atoms with van der Waals surface area (Å²) in [5, 5.41) is 37.5. The van der Waals surface area contributed by atoms with Crippen molar-refractivity contribution in [3.63, 3.8) is 0 Å². The number of nitro groups is 1. The minimum atomic E-state index is -2.16. The van der Waals surface area contributed by atoms with Crippen molar-refractivity contribution in [2.45, 2.75) is 12.5 Å². The maximum atomic E-state index is 10.8. The number of aliphatic carboxylic acids is 1. The van der Waals surface area contributed by atoms with Crippen LogP contribution in [0.25, 0.3) is 0 Å². The van der Waals surface area contributed by atoms with E-state index in [4.69, 9.17) is 15.1 Å². The molecule has 0 aliphatic carbocycles. The maximum Gasteiger partial charge on any atom is 0.339 e. The van der Waals surface area contributed by atoms with Gasteiger partial charge in [-0.05, 0) is 19.1 Å². The van der Waals surface area contributed by atoms with Gasteiger partial charge in [-0.3, -0.25) is 10.1 Å². The van der Waals surface area contributed by atoms with E-state index in [1.807, 2.05) is 0 Å². The summed E-state index contributed by atoms with van der Waals surface area (Å²) in [5.74, 6) is -1.73. The van der Waals surface area contributed by atoms with Crippen LogP contribution in [-0.4, -0.2) is 33.3 Å². The summed E-state index contributed by atoms with van der Waals surface area (Å²) in [6, 6.07) is 5.21. The number of nitriles is 1. The minimum Gasteiger partial charge on any atom is -0.483 e. The van der Waals surface area contributed by atoms with Gasteiger partial charge in [-0.2, -0.15) is 5.26 Å². The Morgan fingerprint density at radius 2 is 2.26 bits per heavy atom. The third-order valence-electron chi connectivity index (χ3n) is 2.25. The van der Waals surface area contributed by atoms with Gasteiger partial charge in [0.2, 0.25) is 0 Å². The van der Waals surface area contributed by atoms with E-state index in [2.05, 4.69) is 0 Å². The fourth-order valence-electron chi connectivity index (χ4n) is 1.13. The van der Waals surface area contributed by atoms with Crippen molar-refractivity contribution >= 4 is 11.7 Å². The van der Waals surface area contributed by atoms with Gasteiger partial charge in [0.05, 0.1) is 16.6 Å². The van der Waals surface area contributed by atoms with Crippen LogP contribution >= 0.6 is 0 Å². The van der Waals surface area contributed by atoms with Crippen molar-refractivity contribution in [2.24, 2.45) is 0 Å². The summed E-state index contributed by atoms with van der Waals surface area (Å²) < 4.78 is 4.94. The molecule has 1 aromatic rings. The number of aliphatic hydroxyl groups is 1. The van der Waals surface area contributed by atoms with Crippen molar-refractivity contribution in [3.8, 4) is 11.8 Å². The molecule has 0 aliphatic heterocycles. The Balaban J connectivity index is 2.99. The summed E-state index contributed by atoms with van der Waals surface area (Å²) >= 11 is 0. The van der Waals surface area contributed by atoms with Gasteiger partial charge in [0.15, 0.2) is 11.4 Å². The molecule has 0 aromatic heterocycles. The van der Waals surface area contributed by atoms with Crippen LogP contribution < -0.4 is 4.74 Å². The Hall–Kier alpha value is -2.66. The summed E-state index contributed by atoms with van der Waals surface area (Å²) in [6.07, 6.45) is 0. The quantitative estimate of drug-likeness (QED) is 0.591. The van der Waals surface area contributed by atoms with Gasteiger partial charge in [-0.25, -0.2) is 4.79 Å². The number of carbonyl (C=O) groups is 1. The molecule has 0 radical (unpaired) electrons. The van der Waals surface area contributed by atoms with E-state index in [1.54, 1.807) is 6.07 Å². The SMILES string of the molecule is CC(O)(COc1ccc(C#N)cc1[N+](=O)[O-])C(=O)O. The lowest BCUT2D eigenvalue weighted by molar-refractivity contribution is -0.386. The summed E-state index contributed by atoms with van der Waals surface area (Å²) in [6.45, 7) is 0.347. The molecule has 0 fully saturated rings. The van der Waals surface area contributed by atoms with E-state index in [0.717, 1.165) is 13.0 Å². The molecule has 19 heavy (non-hydrogen) atoms. The fourth-order valence-corrected chi connectivity index (χ4v) is 1.13. The van der Waals surface area contributed by atoms with Crippen molar-refractivity contribution in [1.29, 1.82) is 5.26 Å². The zero-order valence-electron chi connectivity index (χ0n) is 9.86. The van der Waals surface area contributed by atoms with Crippen LogP contribution in [-0.2, 0) is 4.79 Å². The van der Waals surface area contributed by atoms with E-state index < -0.39 is 28.8 Å². The predicted octanol–water partition coefficient (Wildman–Crippen LogP) is 0.681. The van der Waals surface area contributed by atoms with Crippen LogP contribution in [0.2, 0.25) is 0 Å². The van der Waals surface area contributed by atoms with Crippen LogP contribution in [0.4, 0.5) is 5.69 Å². The molecule has 1 aromatic carbocycles. The number of hydrogen-bond donors (Lipinski definition) is 2. The van der Waals surface area contributed by atoms with Crippen molar-refractivity contribution in [1.82, 2.24) is 0 Å². The molecule has 1 rings (SSSR count). The first kappa shape index (κ1) is 14.4. The van der Waals surface area contributed by atoms with Gasteiger partial charge in [-0.15, -0.1) is 0 Å². The first-order valence-corrected chi connectivity index (χ1v) is 5.05. The summed E-state index contributed by atoms with van der Waals surface area (Å²) in [7, 11) is 0. The zero-order valence-corrected chi connectivity index (χ0v) is 9.86. The molecule has 0 aliphatic rings. The molecular formula is C11H10N2O6. The maximum absolute atomic E-state index is 10.8. The van der Waals surface area contributed by atoms with Crippen LogP contribution in [0.5, 0.6) is 5.75 Å². The lowest BCUT2D eigenvalue weighted by atomic mass is 10.1. The molecule has 0 heterocycles. The Labute approximate surface area is 107 Å². The largest absolute Gasteiger partial charge is 0.483 e. The van der Waals surface area contributed by atoms with Gasteiger partial charge < -0.3 is 14.9 Å². The van der Waals surface area contributed by atoms with Gasteiger partial charge in [0, 0.05) is 6.07 Å². The molecule has 8 nitrogen and oxygen atoms in total. The number of nitro benzene ring substituents is 1. The number of rotatable bonds is 5. The van der Waals surface area contributed by atoms with Crippen LogP contribution in [0.1, 0.15) is 12.5 Å². The van der Waals surface area contributed by atoms with Gasteiger partial charge in [0.1, 0.15) is 6.61 Å². The minimum absolute atomic E-state index is 0.0732. The molecule has 100 valence electrons. The molecule has 0 saturated carbocycles. The number of nitrogens with zero attached hydrogens (tertiary/aromatic N) is 2. The van der Waals surface area contributed by atoms with E-state index in [0.29, 0.717) is 0 Å². The molecule has 1 atom stereocenters. The Morgan fingerprint density at radius 1 is 1.63 bits per heavy atom. The van der Waals surface area contributed by atoms with Crippen LogP contribution in [0, 0.1) is 21.4 Å². The average Bonchev–Trinajstić information content (AvgIpc) is 2.35. The number of benzene rings is 1. The second kappa shape index (κ2) is 5.32. The molecule has 0 bridgehead atoms. The Kier molecular flexibility index (Phi) is 4.04. The molecule has 0 saturated heterocycles. The van der Waals surface area contributed by atoms with E-state index >= 15 is 0 Å².